The number of nitrogens with zero attached hydrogens (tertiary/aromatic N) is 4. The standard InChI is InChI=1S/C21H26N6O2S/c1-22-21(29)20-19(16-4-2-3-5-17(16)30-20)15-8-6-14(7-9-15)12-23-18(28)10-11-27-13-24-25-26-27/h2-5,13-15H,6-12H2,1H3,(H,22,29)(H,23,28). The third kappa shape index (κ3) is 4.51. The normalized spacial score (nSPS) is 19.0. The maximum Gasteiger partial charge on any atom is 0.261 e. The highest BCUT2D eigenvalue weighted by Crippen LogP contribution is 2.43. The number of aryl methyl sites for hydroxylation is 1. The number of aromatic nitrogens is 4. The minimum Gasteiger partial charge on any atom is -0.356 e. The molecule has 2 heterocycles. The average Bonchev–Trinajstić information content (AvgIpc) is 3.44. The van der Waals surface area contributed by atoms with Crippen LogP contribution in [0.25, 0.3) is 10.1 Å². The zero-order valence-electron chi connectivity index (χ0n) is 17.0. The van der Waals surface area contributed by atoms with E-state index in [4.69, 9.17) is 0 Å². The van der Waals surface area contributed by atoms with E-state index in [1.54, 1.807) is 23.1 Å². The van der Waals surface area contributed by atoms with Gasteiger partial charge >= 0.3 is 0 Å². The summed E-state index contributed by atoms with van der Waals surface area (Å²) in [5, 5.41) is 18.0. The number of hydrogen-bond donors (Lipinski definition) is 2. The average molecular weight is 427 g/mol. The van der Waals surface area contributed by atoms with Crippen molar-refractivity contribution in [3.05, 3.63) is 41.0 Å². The Hall–Kier alpha value is -2.81. The van der Waals surface area contributed by atoms with Gasteiger partial charge in [-0.05, 0) is 65.0 Å². The molecule has 1 aromatic carbocycles. The molecule has 0 saturated heterocycles. The lowest BCUT2D eigenvalue weighted by Crippen LogP contribution is -2.31. The number of carbonyl (C=O) groups is 2. The molecule has 1 aliphatic carbocycles. The van der Waals surface area contributed by atoms with Crippen molar-refractivity contribution in [2.75, 3.05) is 13.6 Å². The first kappa shape index (κ1) is 20.5. The summed E-state index contributed by atoms with van der Waals surface area (Å²) in [6.07, 6.45) is 6.06. The number of carbonyl (C=O) groups excluding carboxylic acids is 2. The van der Waals surface area contributed by atoms with Crippen molar-refractivity contribution in [3.8, 4) is 0 Å². The van der Waals surface area contributed by atoms with Crippen molar-refractivity contribution >= 4 is 33.2 Å². The molecular weight excluding hydrogens is 400 g/mol. The molecule has 0 spiro atoms. The lowest BCUT2D eigenvalue weighted by atomic mass is 9.77. The highest BCUT2D eigenvalue weighted by atomic mass is 32.1. The summed E-state index contributed by atoms with van der Waals surface area (Å²) in [5.74, 6) is 0.897. The topological polar surface area (TPSA) is 102 Å². The smallest absolute Gasteiger partial charge is 0.261 e. The predicted octanol–water partition coefficient (Wildman–Crippen LogP) is 2.73. The highest BCUT2D eigenvalue weighted by molar-refractivity contribution is 7.21. The first-order chi connectivity index (χ1) is 14.7. The van der Waals surface area contributed by atoms with Crippen molar-refractivity contribution < 1.29 is 9.59 Å². The van der Waals surface area contributed by atoms with Gasteiger partial charge < -0.3 is 10.6 Å². The van der Waals surface area contributed by atoms with E-state index in [-0.39, 0.29) is 11.8 Å². The monoisotopic (exact) mass is 426 g/mol. The van der Waals surface area contributed by atoms with Gasteiger partial charge in [0.1, 0.15) is 6.33 Å². The zero-order valence-corrected chi connectivity index (χ0v) is 17.8. The third-order valence-electron chi connectivity index (χ3n) is 5.87. The van der Waals surface area contributed by atoms with Gasteiger partial charge in [-0.3, -0.25) is 9.59 Å². The molecule has 2 amide bonds. The van der Waals surface area contributed by atoms with Crippen LogP contribution in [0.15, 0.2) is 30.6 Å². The van der Waals surface area contributed by atoms with Gasteiger partial charge in [0.25, 0.3) is 5.91 Å². The zero-order chi connectivity index (χ0) is 20.9. The van der Waals surface area contributed by atoms with Crippen LogP contribution in [0.1, 0.15) is 53.3 Å². The Morgan fingerprint density at radius 1 is 1.20 bits per heavy atom. The largest absolute Gasteiger partial charge is 0.356 e. The van der Waals surface area contributed by atoms with Gasteiger partial charge in [-0.25, -0.2) is 4.68 Å². The Kier molecular flexibility index (Phi) is 6.37. The maximum atomic E-state index is 12.5. The fourth-order valence-corrected chi connectivity index (χ4v) is 5.49. The molecule has 4 rings (SSSR count). The third-order valence-corrected chi connectivity index (χ3v) is 7.05. The number of fused-ring (bicyclic) bond motifs is 1. The summed E-state index contributed by atoms with van der Waals surface area (Å²) in [7, 11) is 1.69. The number of thiophene rings is 1. The second-order valence-electron chi connectivity index (χ2n) is 7.76. The van der Waals surface area contributed by atoms with E-state index in [9.17, 15) is 9.59 Å². The summed E-state index contributed by atoms with van der Waals surface area (Å²) in [5.41, 5.74) is 1.21. The first-order valence-corrected chi connectivity index (χ1v) is 11.2. The Morgan fingerprint density at radius 3 is 2.73 bits per heavy atom. The van der Waals surface area contributed by atoms with E-state index in [0.29, 0.717) is 31.3 Å². The molecule has 30 heavy (non-hydrogen) atoms. The molecule has 2 aromatic heterocycles. The molecule has 8 nitrogen and oxygen atoms in total. The van der Waals surface area contributed by atoms with Gasteiger partial charge in [0.15, 0.2) is 0 Å². The quantitative estimate of drug-likeness (QED) is 0.605. The Labute approximate surface area is 179 Å². The Morgan fingerprint density at radius 2 is 2.00 bits per heavy atom. The molecule has 158 valence electrons. The fraction of sp³-hybridized carbons (Fsp3) is 0.476. The van der Waals surface area contributed by atoms with E-state index in [1.807, 2.05) is 12.1 Å². The van der Waals surface area contributed by atoms with E-state index in [2.05, 4.69) is 38.3 Å². The van der Waals surface area contributed by atoms with Gasteiger partial charge in [-0.1, -0.05) is 18.2 Å². The van der Waals surface area contributed by atoms with Crippen LogP contribution in [0.4, 0.5) is 0 Å². The maximum absolute atomic E-state index is 12.5. The van der Waals surface area contributed by atoms with Crippen LogP contribution in [0.5, 0.6) is 0 Å². The molecule has 2 N–H and O–H groups in total. The molecule has 0 aliphatic heterocycles. The lowest BCUT2D eigenvalue weighted by molar-refractivity contribution is -0.121. The van der Waals surface area contributed by atoms with E-state index < -0.39 is 0 Å². The van der Waals surface area contributed by atoms with Crippen LogP contribution in [0.2, 0.25) is 0 Å². The van der Waals surface area contributed by atoms with Crippen LogP contribution < -0.4 is 10.6 Å². The van der Waals surface area contributed by atoms with Gasteiger partial charge in [0, 0.05) is 24.7 Å². The minimum absolute atomic E-state index is 0.00293. The molecule has 0 atom stereocenters. The number of tetrazole rings is 1. The van der Waals surface area contributed by atoms with Crippen molar-refractivity contribution in [1.82, 2.24) is 30.8 Å². The minimum atomic E-state index is 0.00293. The second-order valence-corrected chi connectivity index (χ2v) is 8.82. The number of benzene rings is 1. The SMILES string of the molecule is CNC(=O)c1sc2ccccc2c1C1CCC(CNC(=O)CCn2cnnn2)CC1. The second kappa shape index (κ2) is 9.34. The van der Waals surface area contributed by atoms with E-state index in [0.717, 1.165) is 30.6 Å². The lowest BCUT2D eigenvalue weighted by Gasteiger charge is -2.29. The van der Waals surface area contributed by atoms with Crippen molar-refractivity contribution in [2.45, 2.75) is 44.6 Å². The number of nitrogens with one attached hydrogen (secondary N) is 2. The number of rotatable bonds is 7. The summed E-state index contributed by atoms with van der Waals surface area (Å²) in [6, 6.07) is 8.29. The molecule has 1 fully saturated rings. The molecule has 0 radical (unpaired) electrons. The predicted molar refractivity (Wildman–Crippen MR) is 115 cm³/mol. The van der Waals surface area contributed by atoms with Crippen LogP contribution in [-0.2, 0) is 11.3 Å². The van der Waals surface area contributed by atoms with Gasteiger partial charge in [0.05, 0.1) is 11.4 Å². The summed E-state index contributed by atoms with van der Waals surface area (Å²) < 4.78 is 2.73. The Balaban J connectivity index is 1.33. The molecule has 1 saturated carbocycles. The van der Waals surface area contributed by atoms with Gasteiger partial charge in [-0.2, -0.15) is 0 Å². The summed E-state index contributed by atoms with van der Waals surface area (Å²) in [4.78, 5) is 25.4. The van der Waals surface area contributed by atoms with Crippen LogP contribution in [0.3, 0.4) is 0 Å². The van der Waals surface area contributed by atoms with Crippen LogP contribution in [-0.4, -0.2) is 45.6 Å². The molecule has 3 aromatic rings. The van der Waals surface area contributed by atoms with Crippen LogP contribution >= 0.6 is 11.3 Å². The van der Waals surface area contributed by atoms with Crippen molar-refractivity contribution in [3.63, 3.8) is 0 Å². The van der Waals surface area contributed by atoms with Gasteiger partial charge in [0.2, 0.25) is 5.91 Å². The van der Waals surface area contributed by atoms with E-state index in [1.165, 1.54) is 22.0 Å². The number of amides is 2. The first-order valence-electron chi connectivity index (χ1n) is 10.4. The van der Waals surface area contributed by atoms with Crippen LogP contribution in [0, 0.1) is 5.92 Å². The van der Waals surface area contributed by atoms with E-state index >= 15 is 0 Å². The molecular formula is C21H26N6O2S. The Bertz CT molecular complexity index is 1010. The van der Waals surface area contributed by atoms with Crippen molar-refractivity contribution in [1.29, 1.82) is 0 Å². The van der Waals surface area contributed by atoms with Gasteiger partial charge in [-0.15, -0.1) is 16.4 Å². The summed E-state index contributed by atoms with van der Waals surface area (Å²) >= 11 is 1.58. The molecule has 1 aliphatic rings. The molecule has 0 bridgehead atoms. The highest BCUT2D eigenvalue weighted by Gasteiger charge is 2.28. The molecule has 9 heteroatoms. The number of hydrogen-bond acceptors (Lipinski definition) is 6. The molecule has 0 unspecified atom stereocenters. The fourth-order valence-electron chi connectivity index (χ4n) is 4.25. The summed E-state index contributed by atoms with van der Waals surface area (Å²) in [6.45, 7) is 1.19. The van der Waals surface area contributed by atoms with Crippen molar-refractivity contribution in [2.24, 2.45) is 5.92 Å².